The number of rotatable bonds is 4. The van der Waals surface area contributed by atoms with Gasteiger partial charge in [-0.15, -0.1) is 0 Å². The van der Waals surface area contributed by atoms with Gasteiger partial charge in [-0.25, -0.2) is 8.78 Å². The molecule has 0 aliphatic heterocycles. The SMILES string of the molecule is CNC(C)c1c(F)cccc1Oc1cc(F)c(Cl)cc1Br. The highest BCUT2D eigenvalue weighted by Gasteiger charge is 2.17. The third kappa shape index (κ3) is 3.54. The van der Waals surface area contributed by atoms with Gasteiger partial charge in [0.15, 0.2) is 0 Å². The largest absolute Gasteiger partial charge is 0.456 e. The average Bonchev–Trinajstić information content (AvgIpc) is 2.44. The first-order chi connectivity index (χ1) is 9.93. The molecule has 6 heteroatoms. The second-order valence-electron chi connectivity index (χ2n) is 4.46. The lowest BCUT2D eigenvalue weighted by Gasteiger charge is -2.17. The van der Waals surface area contributed by atoms with E-state index >= 15 is 0 Å². The Morgan fingerprint density at radius 1 is 1.19 bits per heavy atom. The van der Waals surface area contributed by atoms with Crippen LogP contribution < -0.4 is 10.1 Å². The van der Waals surface area contributed by atoms with E-state index in [1.165, 1.54) is 18.2 Å². The highest BCUT2D eigenvalue weighted by atomic mass is 79.9. The van der Waals surface area contributed by atoms with E-state index in [1.54, 1.807) is 13.1 Å². The molecule has 0 heterocycles. The fourth-order valence-electron chi connectivity index (χ4n) is 1.87. The summed E-state index contributed by atoms with van der Waals surface area (Å²) in [7, 11) is 1.72. The van der Waals surface area contributed by atoms with Crippen molar-refractivity contribution in [1.82, 2.24) is 5.32 Å². The van der Waals surface area contributed by atoms with Crippen LogP contribution in [0.2, 0.25) is 5.02 Å². The first-order valence-electron chi connectivity index (χ1n) is 6.22. The van der Waals surface area contributed by atoms with Crippen molar-refractivity contribution in [3.63, 3.8) is 0 Å². The molecule has 0 aliphatic carbocycles. The lowest BCUT2D eigenvalue weighted by atomic mass is 10.1. The van der Waals surface area contributed by atoms with Crippen molar-refractivity contribution < 1.29 is 13.5 Å². The zero-order valence-electron chi connectivity index (χ0n) is 11.4. The van der Waals surface area contributed by atoms with E-state index in [9.17, 15) is 8.78 Å². The third-order valence-electron chi connectivity index (χ3n) is 3.07. The summed E-state index contributed by atoms with van der Waals surface area (Å²) >= 11 is 8.94. The quantitative estimate of drug-likeness (QED) is 0.716. The summed E-state index contributed by atoms with van der Waals surface area (Å²) in [6.45, 7) is 1.81. The number of hydrogen-bond acceptors (Lipinski definition) is 2. The first-order valence-corrected chi connectivity index (χ1v) is 7.39. The summed E-state index contributed by atoms with van der Waals surface area (Å²) in [6.07, 6.45) is 0. The Labute approximate surface area is 135 Å². The van der Waals surface area contributed by atoms with Gasteiger partial charge < -0.3 is 10.1 Å². The minimum Gasteiger partial charge on any atom is -0.456 e. The molecule has 1 N–H and O–H groups in total. The van der Waals surface area contributed by atoms with Crippen LogP contribution in [0, 0.1) is 11.6 Å². The summed E-state index contributed by atoms with van der Waals surface area (Å²) in [6, 6.07) is 6.82. The zero-order chi connectivity index (χ0) is 15.6. The predicted octanol–water partition coefficient (Wildman–Crippen LogP) is 5.45. The summed E-state index contributed by atoms with van der Waals surface area (Å²) in [5, 5.41) is 2.94. The highest BCUT2D eigenvalue weighted by molar-refractivity contribution is 9.10. The molecule has 0 aromatic heterocycles. The molecule has 112 valence electrons. The first kappa shape index (κ1) is 16.2. The molecule has 0 fully saturated rings. The smallest absolute Gasteiger partial charge is 0.145 e. The van der Waals surface area contributed by atoms with Crippen molar-refractivity contribution in [2.75, 3.05) is 7.05 Å². The number of nitrogens with one attached hydrogen (secondary N) is 1. The van der Waals surface area contributed by atoms with Gasteiger partial charge in [0, 0.05) is 17.7 Å². The van der Waals surface area contributed by atoms with Gasteiger partial charge in [0.25, 0.3) is 0 Å². The molecule has 0 bridgehead atoms. The molecule has 2 nitrogen and oxygen atoms in total. The van der Waals surface area contributed by atoms with Gasteiger partial charge in [-0.3, -0.25) is 0 Å². The van der Waals surface area contributed by atoms with Crippen LogP contribution in [0.15, 0.2) is 34.8 Å². The predicted molar refractivity (Wildman–Crippen MR) is 83.1 cm³/mol. The number of benzene rings is 2. The van der Waals surface area contributed by atoms with E-state index in [2.05, 4.69) is 21.2 Å². The molecule has 0 aliphatic rings. The third-order valence-corrected chi connectivity index (χ3v) is 3.98. The van der Waals surface area contributed by atoms with Crippen molar-refractivity contribution in [1.29, 1.82) is 0 Å². The molecule has 0 amide bonds. The minimum absolute atomic E-state index is 0.0164. The van der Waals surface area contributed by atoms with Crippen molar-refractivity contribution in [3.05, 3.63) is 57.0 Å². The molecular weight excluding hydrogens is 364 g/mol. The minimum atomic E-state index is -0.602. The van der Waals surface area contributed by atoms with Gasteiger partial charge in [0.2, 0.25) is 0 Å². The molecular formula is C15H13BrClF2NO. The monoisotopic (exact) mass is 375 g/mol. The average molecular weight is 377 g/mol. The number of halogens is 4. The Morgan fingerprint density at radius 3 is 2.57 bits per heavy atom. The summed E-state index contributed by atoms with van der Waals surface area (Å²) < 4.78 is 33.7. The maximum absolute atomic E-state index is 14.0. The fraction of sp³-hybridized carbons (Fsp3) is 0.200. The van der Waals surface area contributed by atoms with Crippen LogP contribution in [0.25, 0.3) is 0 Å². The van der Waals surface area contributed by atoms with Crippen molar-refractivity contribution in [3.8, 4) is 11.5 Å². The van der Waals surface area contributed by atoms with Crippen molar-refractivity contribution in [2.24, 2.45) is 0 Å². The lowest BCUT2D eigenvalue weighted by Crippen LogP contribution is -2.15. The van der Waals surface area contributed by atoms with Crippen LogP contribution in [-0.4, -0.2) is 7.05 Å². The second-order valence-corrected chi connectivity index (χ2v) is 5.72. The molecule has 0 spiro atoms. The molecule has 0 radical (unpaired) electrons. The molecule has 1 atom stereocenters. The highest BCUT2D eigenvalue weighted by Crippen LogP contribution is 2.37. The van der Waals surface area contributed by atoms with E-state index in [-0.39, 0.29) is 22.6 Å². The Bertz CT molecular complexity index is 666. The summed E-state index contributed by atoms with van der Waals surface area (Å²) in [4.78, 5) is 0. The Kier molecular flexibility index (Phi) is 5.19. The van der Waals surface area contributed by atoms with Gasteiger partial charge in [0.05, 0.1) is 9.50 Å². The van der Waals surface area contributed by atoms with Gasteiger partial charge in [0.1, 0.15) is 23.1 Å². The molecule has 21 heavy (non-hydrogen) atoms. The molecule has 0 saturated carbocycles. The van der Waals surface area contributed by atoms with Crippen LogP contribution in [0.3, 0.4) is 0 Å². The zero-order valence-corrected chi connectivity index (χ0v) is 13.7. The summed E-state index contributed by atoms with van der Waals surface area (Å²) in [5.41, 5.74) is 0.377. The van der Waals surface area contributed by atoms with Crippen LogP contribution >= 0.6 is 27.5 Å². The second kappa shape index (κ2) is 6.73. The molecule has 2 rings (SSSR count). The topological polar surface area (TPSA) is 21.3 Å². The van der Waals surface area contributed by atoms with Gasteiger partial charge in [-0.05, 0) is 48.1 Å². The van der Waals surface area contributed by atoms with Crippen molar-refractivity contribution >= 4 is 27.5 Å². The fourth-order valence-corrected chi connectivity index (χ4v) is 2.59. The standard InChI is InChI=1S/C15H13BrClF2NO/c1-8(20-2)15-11(18)4-3-5-13(15)21-14-7-12(19)10(17)6-9(14)16/h3-8,20H,1-2H3. The van der Waals surface area contributed by atoms with E-state index in [0.29, 0.717) is 15.8 Å². The van der Waals surface area contributed by atoms with Gasteiger partial charge in [-0.2, -0.15) is 0 Å². The Hall–Kier alpha value is -1.17. The lowest BCUT2D eigenvalue weighted by molar-refractivity contribution is 0.446. The summed E-state index contributed by atoms with van der Waals surface area (Å²) in [5.74, 6) is -0.444. The van der Waals surface area contributed by atoms with E-state index in [1.807, 2.05) is 6.92 Å². The number of hydrogen-bond donors (Lipinski definition) is 1. The number of ether oxygens (including phenoxy) is 1. The molecule has 0 saturated heterocycles. The van der Waals surface area contributed by atoms with Crippen LogP contribution in [-0.2, 0) is 0 Å². The maximum Gasteiger partial charge on any atom is 0.145 e. The van der Waals surface area contributed by atoms with E-state index < -0.39 is 5.82 Å². The Balaban J connectivity index is 2.45. The van der Waals surface area contributed by atoms with E-state index in [0.717, 1.165) is 6.07 Å². The van der Waals surface area contributed by atoms with E-state index in [4.69, 9.17) is 16.3 Å². The normalized spacial score (nSPS) is 12.3. The van der Waals surface area contributed by atoms with Gasteiger partial charge in [-0.1, -0.05) is 17.7 Å². The van der Waals surface area contributed by atoms with Crippen LogP contribution in [0.5, 0.6) is 11.5 Å². The maximum atomic E-state index is 14.0. The van der Waals surface area contributed by atoms with Crippen molar-refractivity contribution in [2.45, 2.75) is 13.0 Å². The molecule has 2 aromatic carbocycles. The van der Waals surface area contributed by atoms with Crippen LogP contribution in [0.1, 0.15) is 18.5 Å². The van der Waals surface area contributed by atoms with Crippen LogP contribution in [0.4, 0.5) is 8.78 Å². The molecule has 1 unspecified atom stereocenters. The van der Waals surface area contributed by atoms with Gasteiger partial charge >= 0.3 is 0 Å². The molecule has 2 aromatic rings. The Morgan fingerprint density at radius 2 is 1.90 bits per heavy atom.